The Bertz CT molecular complexity index is 764. The molecule has 0 radical (unpaired) electrons. The lowest BCUT2D eigenvalue weighted by atomic mass is 10.0. The lowest BCUT2D eigenvalue weighted by Crippen LogP contribution is -2.39. The molecule has 0 fully saturated rings. The van der Waals surface area contributed by atoms with Gasteiger partial charge in [-0.3, -0.25) is 9.48 Å². The van der Waals surface area contributed by atoms with Gasteiger partial charge in [-0.2, -0.15) is 5.10 Å². The molecule has 2 aromatic rings. The van der Waals surface area contributed by atoms with Crippen LogP contribution in [0.25, 0.3) is 11.0 Å². The molecule has 0 unspecified atom stereocenters. The highest BCUT2D eigenvalue weighted by atomic mass is 16.5. The third-order valence-corrected chi connectivity index (χ3v) is 3.73. The van der Waals surface area contributed by atoms with Crippen LogP contribution < -0.4 is 5.32 Å². The molecule has 7 heteroatoms. The Balaban J connectivity index is 2.54. The van der Waals surface area contributed by atoms with Gasteiger partial charge in [0.25, 0.3) is 5.91 Å². The first-order chi connectivity index (χ1) is 10.8. The number of ether oxygens (including phenoxy) is 1. The molecule has 124 valence electrons. The van der Waals surface area contributed by atoms with Gasteiger partial charge in [-0.1, -0.05) is 13.8 Å². The van der Waals surface area contributed by atoms with Gasteiger partial charge in [-0.15, -0.1) is 0 Å². The van der Waals surface area contributed by atoms with Crippen molar-refractivity contribution in [2.75, 3.05) is 7.11 Å². The van der Waals surface area contributed by atoms with E-state index in [0.717, 1.165) is 11.4 Å². The topological polar surface area (TPSA) is 86.1 Å². The molecular weight excluding hydrogens is 296 g/mol. The molecule has 2 rings (SSSR count). The fourth-order valence-corrected chi connectivity index (χ4v) is 2.45. The molecular formula is C16H22N4O3. The molecule has 0 bridgehead atoms. The van der Waals surface area contributed by atoms with Gasteiger partial charge in [0.15, 0.2) is 5.65 Å². The van der Waals surface area contributed by atoms with Crippen LogP contribution in [0.1, 0.15) is 48.4 Å². The fourth-order valence-electron chi connectivity index (χ4n) is 2.45. The number of hydrogen-bond acceptors (Lipinski definition) is 5. The number of aryl methyl sites for hydroxylation is 2. The van der Waals surface area contributed by atoms with Crippen LogP contribution in [0.2, 0.25) is 0 Å². The summed E-state index contributed by atoms with van der Waals surface area (Å²) in [6.45, 7) is 7.44. The molecule has 0 aromatic carbocycles. The van der Waals surface area contributed by atoms with Gasteiger partial charge in [0, 0.05) is 12.7 Å². The minimum atomic E-state index is -0.727. The second kappa shape index (κ2) is 6.36. The van der Waals surface area contributed by atoms with E-state index in [1.54, 1.807) is 24.7 Å². The van der Waals surface area contributed by atoms with Crippen molar-refractivity contribution in [1.29, 1.82) is 0 Å². The Morgan fingerprint density at radius 1 is 1.30 bits per heavy atom. The monoisotopic (exact) mass is 318 g/mol. The predicted octanol–water partition coefficient (Wildman–Crippen LogP) is 1.69. The van der Waals surface area contributed by atoms with Crippen molar-refractivity contribution in [1.82, 2.24) is 20.1 Å². The molecule has 0 saturated heterocycles. The largest absolute Gasteiger partial charge is 0.467 e. The number of hydrogen-bond donors (Lipinski definition) is 1. The third kappa shape index (κ3) is 3.18. The predicted molar refractivity (Wildman–Crippen MR) is 86.3 cm³/mol. The van der Waals surface area contributed by atoms with Crippen molar-refractivity contribution in [2.45, 2.75) is 39.7 Å². The number of nitrogens with one attached hydrogen (secondary N) is 1. The van der Waals surface area contributed by atoms with Gasteiger partial charge in [-0.25, -0.2) is 9.78 Å². The van der Waals surface area contributed by atoms with Crippen LogP contribution in [0.5, 0.6) is 0 Å². The number of rotatable bonds is 4. The van der Waals surface area contributed by atoms with E-state index in [1.165, 1.54) is 7.11 Å². The average molecular weight is 318 g/mol. The van der Waals surface area contributed by atoms with Crippen molar-refractivity contribution in [2.24, 2.45) is 7.05 Å². The maximum atomic E-state index is 12.6. The Morgan fingerprint density at radius 3 is 2.52 bits per heavy atom. The minimum Gasteiger partial charge on any atom is -0.467 e. The van der Waals surface area contributed by atoms with Crippen LogP contribution in [0, 0.1) is 6.92 Å². The second-order valence-electron chi connectivity index (χ2n) is 5.88. The van der Waals surface area contributed by atoms with Crippen LogP contribution in [-0.4, -0.2) is 39.8 Å². The van der Waals surface area contributed by atoms with Gasteiger partial charge in [-0.05, 0) is 25.8 Å². The van der Waals surface area contributed by atoms with Crippen molar-refractivity contribution in [3.05, 3.63) is 23.0 Å². The zero-order valence-electron chi connectivity index (χ0n) is 14.3. The standard InChI is InChI=1S/C16H22N4O3/c1-8(2)12-7-11(15(21)17-10(4)16(22)23-6)13-9(3)19-20(5)14(13)18-12/h7-8,10H,1-6H3,(H,17,21)/t10-/m0/s1. The molecule has 0 aliphatic rings. The molecule has 1 amide bonds. The number of amides is 1. The second-order valence-corrected chi connectivity index (χ2v) is 5.88. The van der Waals surface area contributed by atoms with Crippen molar-refractivity contribution in [3.8, 4) is 0 Å². The SMILES string of the molecule is COC(=O)[C@H](C)NC(=O)c1cc(C(C)C)nc2c1c(C)nn2C. The first kappa shape index (κ1) is 16.9. The molecule has 1 atom stereocenters. The molecule has 23 heavy (non-hydrogen) atoms. The van der Waals surface area contributed by atoms with E-state index in [0.29, 0.717) is 16.6 Å². The van der Waals surface area contributed by atoms with Crippen molar-refractivity contribution < 1.29 is 14.3 Å². The van der Waals surface area contributed by atoms with E-state index in [1.807, 2.05) is 20.8 Å². The Hall–Kier alpha value is -2.44. The summed E-state index contributed by atoms with van der Waals surface area (Å²) >= 11 is 0. The summed E-state index contributed by atoms with van der Waals surface area (Å²) in [6, 6.07) is 1.04. The number of esters is 1. The van der Waals surface area contributed by atoms with Gasteiger partial charge < -0.3 is 10.1 Å². The zero-order valence-corrected chi connectivity index (χ0v) is 14.3. The van der Waals surface area contributed by atoms with Gasteiger partial charge in [0.05, 0.1) is 23.8 Å². The lowest BCUT2D eigenvalue weighted by molar-refractivity contribution is -0.142. The summed E-state index contributed by atoms with van der Waals surface area (Å²) < 4.78 is 6.31. The molecule has 2 aromatic heterocycles. The van der Waals surface area contributed by atoms with E-state index in [4.69, 9.17) is 0 Å². The summed E-state index contributed by atoms with van der Waals surface area (Å²) in [7, 11) is 3.09. The van der Waals surface area contributed by atoms with Crippen LogP contribution in [-0.2, 0) is 16.6 Å². The van der Waals surface area contributed by atoms with E-state index in [-0.39, 0.29) is 11.8 Å². The van der Waals surface area contributed by atoms with Gasteiger partial charge >= 0.3 is 5.97 Å². The molecule has 0 saturated carbocycles. The maximum absolute atomic E-state index is 12.6. The molecule has 2 heterocycles. The van der Waals surface area contributed by atoms with Crippen LogP contribution >= 0.6 is 0 Å². The number of fused-ring (bicyclic) bond motifs is 1. The van der Waals surface area contributed by atoms with Crippen LogP contribution in [0.3, 0.4) is 0 Å². The Kier molecular flexibility index (Phi) is 4.68. The average Bonchev–Trinajstić information content (AvgIpc) is 2.80. The molecule has 0 aliphatic heterocycles. The number of aromatic nitrogens is 3. The Morgan fingerprint density at radius 2 is 1.96 bits per heavy atom. The van der Waals surface area contributed by atoms with Crippen molar-refractivity contribution in [3.63, 3.8) is 0 Å². The van der Waals surface area contributed by atoms with Crippen LogP contribution in [0.4, 0.5) is 0 Å². The van der Waals surface area contributed by atoms with E-state index < -0.39 is 12.0 Å². The normalized spacial score (nSPS) is 12.5. The quantitative estimate of drug-likeness (QED) is 0.867. The highest BCUT2D eigenvalue weighted by Gasteiger charge is 2.22. The molecule has 7 nitrogen and oxygen atoms in total. The van der Waals surface area contributed by atoms with Crippen LogP contribution in [0.15, 0.2) is 6.07 Å². The van der Waals surface area contributed by atoms with E-state index in [9.17, 15) is 9.59 Å². The summed E-state index contributed by atoms with van der Waals surface area (Å²) in [4.78, 5) is 28.8. The summed E-state index contributed by atoms with van der Waals surface area (Å²) in [5, 5.41) is 7.71. The highest BCUT2D eigenvalue weighted by molar-refractivity contribution is 6.07. The lowest BCUT2D eigenvalue weighted by Gasteiger charge is -2.14. The number of carbonyl (C=O) groups excluding carboxylic acids is 2. The minimum absolute atomic E-state index is 0.166. The van der Waals surface area contributed by atoms with E-state index >= 15 is 0 Å². The van der Waals surface area contributed by atoms with E-state index in [2.05, 4.69) is 20.1 Å². The van der Waals surface area contributed by atoms with Crippen molar-refractivity contribution >= 4 is 22.9 Å². The maximum Gasteiger partial charge on any atom is 0.328 e. The van der Waals surface area contributed by atoms with Gasteiger partial charge in [0.2, 0.25) is 0 Å². The number of methoxy groups -OCH3 is 1. The number of nitrogens with zero attached hydrogens (tertiary/aromatic N) is 3. The fraction of sp³-hybridized carbons (Fsp3) is 0.500. The smallest absolute Gasteiger partial charge is 0.328 e. The van der Waals surface area contributed by atoms with Gasteiger partial charge in [0.1, 0.15) is 6.04 Å². The molecule has 1 N–H and O–H groups in total. The number of pyridine rings is 1. The Labute approximate surface area is 135 Å². The highest BCUT2D eigenvalue weighted by Crippen LogP contribution is 2.24. The molecule has 0 spiro atoms. The molecule has 0 aliphatic carbocycles. The zero-order chi connectivity index (χ0) is 17.3. The first-order valence-corrected chi connectivity index (χ1v) is 7.49. The first-order valence-electron chi connectivity index (χ1n) is 7.49. The number of carbonyl (C=O) groups is 2. The summed E-state index contributed by atoms with van der Waals surface area (Å²) in [5.74, 6) is -0.664. The summed E-state index contributed by atoms with van der Waals surface area (Å²) in [5.41, 5.74) is 2.65. The summed E-state index contributed by atoms with van der Waals surface area (Å²) in [6.07, 6.45) is 0. The third-order valence-electron chi connectivity index (χ3n) is 3.73.